The van der Waals surface area contributed by atoms with Gasteiger partial charge in [-0.3, -0.25) is 0 Å². The minimum atomic E-state index is 1.21. The molecule has 0 heteroatoms. The van der Waals surface area contributed by atoms with Gasteiger partial charge in [0.15, 0.2) is 0 Å². The second-order valence-electron chi connectivity index (χ2n) is 4.88. The molecule has 0 saturated carbocycles. The third kappa shape index (κ3) is 11.8. The minimum Gasteiger partial charge on any atom is -0.0853 e. The summed E-state index contributed by atoms with van der Waals surface area (Å²) in [5.74, 6) is 0. The highest BCUT2D eigenvalue weighted by molar-refractivity contribution is 5.04. The van der Waals surface area contributed by atoms with Crippen LogP contribution in [-0.2, 0) is 0 Å². The molecule has 0 atom stereocenters. The predicted octanol–water partition coefficient (Wildman–Crippen LogP) is 6.08. The molecule has 0 rings (SSSR count). The summed E-state index contributed by atoms with van der Waals surface area (Å²) < 4.78 is 0. The Hall–Kier alpha value is -0.260. The third-order valence-corrected chi connectivity index (χ3v) is 3.09. The van der Waals surface area contributed by atoms with E-state index in [0.29, 0.717) is 0 Å². The van der Waals surface area contributed by atoms with Gasteiger partial charge in [-0.1, -0.05) is 70.4 Å². The summed E-state index contributed by atoms with van der Waals surface area (Å²) in [6.07, 6.45) is 17.2. The summed E-state index contributed by atoms with van der Waals surface area (Å²) in [6, 6.07) is 0. The van der Waals surface area contributed by atoms with Gasteiger partial charge >= 0.3 is 0 Å². The normalized spacial score (nSPS) is 12.1. The Morgan fingerprint density at radius 1 is 0.812 bits per heavy atom. The van der Waals surface area contributed by atoms with Crippen LogP contribution in [0.5, 0.6) is 0 Å². The molecule has 1 radical (unpaired) electrons. The zero-order valence-electron chi connectivity index (χ0n) is 11.6. The molecule has 16 heavy (non-hydrogen) atoms. The van der Waals surface area contributed by atoms with Crippen molar-refractivity contribution in [2.75, 3.05) is 0 Å². The first kappa shape index (κ1) is 15.7. The third-order valence-electron chi connectivity index (χ3n) is 3.09. The van der Waals surface area contributed by atoms with Crippen LogP contribution in [0.2, 0.25) is 0 Å². The molecule has 0 aliphatic rings. The quantitative estimate of drug-likeness (QED) is 0.372. The Morgan fingerprint density at radius 2 is 1.38 bits per heavy atom. The average Bonchev–Trinajstić information content (AvgIpc) is 2.28. The zero-order valence-corrected chi connectivity index (χ0v) is 11.6. The Kier molecular flexibility index (Phi) is 12.6. The standard InChI is InChI=1S/C16H31/c1-4-6-8-9-10-11-13-15-16(3)14-12-7-5-2/h15H,3-14H2,1-2H3. The van der Waals surface area contributed by atoms with Gasteiger partial charge in [0.2, 0.25) is 0 Å². The van der Waals surface area contributed by atoms with Crippen LogP contribution < -0.4 is 0 Å². The highest BCUT2D eigenvalue weighted by Gasteiger charge is 1.92. The van der Waals surface area contributed by atoms with Crippen molar-refractivity contribution in [2.24, 2.45) is 0 Å². The summed E-state index contributed by atoms with van der Waals surface area (Å²) in [7, 11) is 0. The Bertz CT molecular complexity index is 155. The van der Waals surface area contributed by atoms with E-state index in [1.807, 2.05) is 0 Å². The van der Waals surface area contributed by atoms with E-state index in [0.717, 1.165) is 0 Å². The van der Waals surface area contributed by atoms with Crippen molar-refractivity contribution >= 4 is 0 Å². The topological polar surface area (TPSA) is 0 Å². The monoisotopic (exact) mass is 223 g/mol. The smallest absolute Gasteiger partial charge is 0.0283 e. The van der Waals surface area contributed by atoms with Crippen LogP contribution in [-0.4, -0.2) is 0 Å². The molecular formula is C16H31. The minimum absolute atomic E-state index is 1.21. The zero-order chi connectivity index (χ0) is 12.1. The lowest BCUT2D eigenvalue weighted by molar-refractivity contribution is 0.610. The van der Waals surface area contributed by atoms with Crippen LogP contribution >= 0.6 is 0 Å². The molecule has 0 aromatic rings. The highest BCUT2D eigenvalue weighted by atomic mass is 14.0. The van der Waals surface area contributed by atoms with Crippen molar-refractivity contribution in [3.63, 3.8) is 0 Å². The lowest BCUT2D eigenvalue weighted by atomic mass is 10.1. The van der Waals surface area contributed by atoms with E-state index >= 15 is 0 Å². The summed E-state index contributed by atoms with van der Waals surface area (Å²) in [6.45, 7) is 8.64. The van der Waals surface area contributed by atoms with Crippen LogP contribution in [0.4, 0.5) is 0 Å². The Morgan fingerprint density at radius 3 is 2.06 bits per heavy atom. The number of hydrogen-bond acceptors (Lipinski definition) is 0. The van der Waals surface area contributed by atoms with E-state index in [-0.39, 0.29) is 0 Å². The fourth-order valence-corrected chi connectivity index (χ4v) is 1.93. The molecule has 0 N–H and O–H groups in total. The summed E-state index contributed by atoms with van der Waals surface area (Å²) in [4.78, 5) is 0. The predicted molar refractivity (Wildman–Crippen MR) is 75.6 cm³/mol. The van der Waals surface area contributed by atoms with Crippen molar-refractivity contribution in [3.8, 4) is 0 Å². The Labute approximate surface area is 104 Å². The van der Waals surface area contributed by atoms with E-state index in [2.05, 4.69) is 26.8 Å². The second kappa shape index (κ2) is 12.8. The largest absolute Gasteiger partial charge is 0.0853 e. The molecule has 0 heterocycles. The van der Waals surface area contributed by atoms with E-state index in [4.69, 9.17) is 0 Å². The molecule has 0 aliphatic heterocycles. The van der Waals surface area contributed by atoms with Gasteiger partial charge in [-0.15, -0.1) is 0 Å². The fourth-order valence-electron chi connectivity index (χ4n) is 1.93. The molecule has 0 aliphatic carbocycles. The Balaban J connectivity index is 3.23. The van der Waals surface area contributed by atoms with Crippen molar-refractivity contribution in [1.82, 2.24) is 0 Å². The number of allylic oxidation sites excluding steroid dienone is 2. The van der Waals surface area contributed by atoms with Gasteiger partial charge in [-0.25, -0.2) is 0 Å². The SMILES string of the molecule is [CH2]C(=CCCCCCCCC)CCCCC. The van der Waals surface area contributed by atoms with Crippen LogP contribution in [0.3, 0.4) is 0 Å². The van der Waals surface area contributed by atoms with Crippen LogP contribution in [0, 0.1) is 6.92 Å². The molecule has 0 spiro atoms. The van der Waals surface area contributed by atoms with Gasteiger partial charge in [-0.2, -0.15) is 0 Å². The molecule has 95 valence electrons. The number of hydrogen-bond donors (Lipinski definition) is 0. The lowest BCUT2D eigenvalue weighted by Gasteiger charge is -2.01. The first-order valence-corrected chi connectivity index (χ1v) is 7.32. The van der Waals surface area contributed by atoms with Gasteiger partial charge in [0.05, 0.1) is 0 Å². The molecule has 0 aromatic heterocycles. The van der Waals surface area contributed by atoms with Gasteiger partial charge in [-0.05, 0) is 32.6 Å². The van der Waals surface area contributed by atoms with Crippen LogP contribution in [0.1, 0.15) is 84.5 Å². The number of rotatable bonds is 11. The van der Waals surface area contributed by atoms with Crippen molar-refractivity contribution in [1.29, 1.82) is 0 Å². The molecule has 0 fully saturated rings. The second-order valence-corrected chi connectivity index (χ2v) is 4.88. The highest BCUT2D eigenvalue weighted by Crippen LogP contribution is 2.11. The van der Waals surface area contributed by atoms with Crippen molar-refractivity contribution in [3.05, 3.63) is 18.6 Å². The average molecular weight is 223 g/mol. The van der Waals surface area contributed by atoms with E-state index < -0.39 is 0 Å². The summed E-state index contributed by atoms with van der Waals surface area (Å²) in [5.41, 5.74) is 1.36. The molecule has 0 nitrogen and oxygen atoms in total. The molecule has 0 aromatic carbocycles. The van der Waals surface area contributed by atoms with Gasteiger partial charge in [0.25, 0.3) is 0 Å². The maximum Gasteiger partial charge on any atom is -0.0283 e. The van der Waals surface area contributed by atoms with E-state index in [1.54, 1.807) is 0 Å². The molecular weight excluding hydrogens is 192 g/mol. The number of unbranched alkanes of at least 4 members (excludes halogenated alkanes) is 8. The van der Waals surface area contributed by atoms with Crippen molar-refractivity contribution < 1.29 is 0 Å². The maximum atomic E-state index is 4.12. The maximum absolute atomic E-state index is 4.12. The lowest BCUT2D eigenvalue weighted by Crippen LogP contribution is -1.81. The van der Waals surface area contributed by atoms with Crippen LogP contribution in [0.25, 0.3) is 0 Å². The molecule has 0 bridgehead atoms. The first-order chi connectivity index (χ1) is 7.81. The first-order valence-electron chi connectivity index (χ1n) is 7.32. The summed E-state index contributed by atoms with van der Waals surface area (Å²) >= 11 is 0. The summed E-state index contributed by atoms with van der Waals surface area (Å²) in [5, 5.41) is 0. The molecule has 0 amide bonds. The van der Waals surface area contributed by atoms with E-state index in [1.165, 1.54) is 76.2 Å². The van der Waals surface area contributed by atoms with Crippen molar-refractivity contribution in [2.45, 2.75) is 84.5 Å². The molecule has 0 unspecified atom stereocenters. The fraction of sp³-hybridized carbons (Fsp3) is 0.812. The molecule has 0 saturated heterocycles. The van der Waals surface area contributed by atoms with Gasteiger partial charge in [0.1, 0.15) is 0 Å². The van der Waals surface area contributed by atoms with Crippen LogP contribution in [0.15, 0.2) is 11.6 Å². The van der Waals surface area contributed by atoms with Gasteiger partial charge < -0.3 is 0 Å². The van der Waals surface area contributed by atoms with E-state index in [9.17, 15) is 0 Å². The van der Waals surface area contributed by atoms with Gasteiger partial charge in [0, 0.05) is 0 Å².